The van der Waals surface area contributed by atoms with E-state index >= 15 is 0 Å². The number of halogens is 2. The molecule has 4 rings (SSSR count). The maximum Gasteiger partial charge on any atom is 0.261 e. The summed E-state index contributed by atoms with van der Waals surface area (Å²) in [5, 5.41) is 8.05. The van der Waals surface area contributed by atoms with Gasteiger partial charge in [-0.3, -0.25) is 0 Å². The molecule has 3 heterocycles. The molecule has 0 radical (unpaired) electrons. The van der Waals surface area contributed by atoms with E-state index in [1.165, 1.54) is 6.07 Å². The van der Waals surface area contributed by atoms with E-state index in [1.54, 1.807) is 26.3 Å². The van der Waals surface area contributed by atoms with Crippen LogP contribution in [0.2, 0.25) is 0 Å². The zero-order chi connectivity index (χ0) is 20.4. The monoisotopic (exact) mass is 429 g/mol. The highest BCUT2D eigenvalue weighted by molar-refractivity contribution is 5.98. The second kappa shape index (κ2) is 9.15. The van der Waals surface area contributed by atoms with Gasteiger partial charge < -0.3 is 14.6 Å². The lowest BCUT2D eigenvalue weighted by Crippen LogP contribution is -2.00. The zero-order valence-corrected chi connectivity index (χ0v) is 17.6. The Labute approximate surface area is 179 Å². The van der Waals surface area contributed by atoms with Gasteiger partial charge in [0.25, 0.3) is 5.89 Å². The van der Waals surface area contributed by atoms with E-state index in [9.17, 15) is 4.39 Å². The van der Waals surface area contributed by atoms with Gasteiger partial charge in [0.05, 0.1) is 17.9 Å². The fourth-order valence-corrected chi connectivity index (χ4v) is 2.94. The van der Waals surface area contributed by atoms with E-state index in [1.807, 2.05) is 25.1 Å². The van der Waals surface area contributed by atoms with Crippen molar-refractivity contribution in [3.8, 4) is 11.5 Å². The highest BCUT2D eigenvalue weighted by atomic mass is 35.5. The molecular weight excluding hydrogens is 409 g/mol. The number of rotatable bonds is 6. The Morgan fingerprint density at radius 2 is 1.97 bits per heavy atom. The summed E-state index contributed by atoms with van der Waals surface area (Å²) < 4.78 is 24.6. The first-order chi connectivity index (χ1) is 14.0. The molecule has 0 fully saturated rings. The number of ether oxygens (including phenoxy) is 1. The third kappa shape index (κ3) is 4.39. The molecule has 3 aromatic heterocycles. The number of benzene rings is 1. The second-order valence-corrected chi connectivity index (χ2v) is 6.72. The maximum absolute atomic E-state index is 14.1. The van der Waals surface area contributed by atoms with Crippen LogP contribution in [0.3, 0.4) is 0 Å². The van der Waals surface area contributed by atoms with Crippen LogP contribution in [0.15, 0.2) is 41.1 Å². The summed E-state index contributed by atoms with van der Waals surface area (Å²) in [5.41, 5.74) is 3.88. The van der Waals surface area contributed by atoms with Crippen LogP contribution in [0.4, 0.5) is 15.8 Å². The largest absolute Gasteiger partial charge is 0.384 e. The van der Waals surface area contributed by atoms with E-state index in [4.69, 9.17) is 9.26 Å². The van der Waals surface area contributed by atoms with Crippen molar-refractivity contribution < 1.29 is 13.7 Å². The van der Waals surface area contributed by atoms with Crippen LogP contribution in [-0.4, -0.2) is 33.8 Å². The number of aryl methyl sites for hydroxylation is 2. The third-order valence-electron chi connectivity index (χ3n) is 4.54. The molecule has 0 aliphatic heterocycles. The summed E-state index contributed by atoms with van der Waals surface area (Å²) in [7, 11) is 1.62. The second-order valence-electron chi connectivity index (χ2n) is 6.72. The van der Waals surface area contributed by atoms with Gasteiger partial charge in [-0.05, 0) is 43.7 Å². The van der Waals surface area contributed by atoms with Crippen molar-refractivity contribution in [2.24, 2.45) is 0 Å². The van der Waals surface area contributed by atoms with Gasteiger partial charge in [-0.25, -0.2) is 14.4 Å². The number of nitrogens with one attached hydrogen (secondary N) is 1. The Morgan fingerprint density at radius 3 is 2.73 bits per heavy atom. The van der Waals surface area contributed by atoms with Crippen molar-refractivity contribution in [2.75, 3.05) is 19.0 Å². The minimum atomic E-state index is -0.288. The van der Waals surface area contributed by atoms with Crippen LogP contribution in [-0.2, 0) is 11.2 Å². The smallest absolute Gasteiger partial charge is 0.261 e. The average molecular weight is 430 g/mol. The Bertz CT molecular complexity index is 1180. The van der Waals surface area contributed by atoms with Crippen molar-refractivity contribution in [3.63, 3.8) is 0 Å². The molecule has 0 bridgehead atoms. The van der Waals surface area contributed by atoms with Crippen LogP contribution < -0.4 is 5.32 Å². The summed E-state index contributed by atoms with van der Waals surface area (Å²) in [4.78, 5) is 13.4. The predicted molar refractivity (Wildman–Crippen MR) is 115 cm³/mol. The van der Waals surface area contributed by atoms with Gasteiger partial charge in [0.15, 0.2) is 11.5 Å². The highest BCUT2D eigenvalue weighted by Gasteiger charge is 2.18. The zero-order valence-electron chi connectivity index (χ0n) is 16.8. The lowest BCUT2D eigenvalue weighted by molar-refractivity contribution is 0.199. The molecule has 0 atom stereocenters. The standard InChI is InChI=1S/C21H20FN5O2.ClH/c1-12-4-6-14(10-17(12)22)25-19-15-7-5-13(2)24-20(15)23-11-16(19)21-26-18(27-29-21)8-9-28-3;/h4-7,10-11H,8-9H2,1-3H3,(H,23,24,25);1H. The van der Waals surface area contributed by atoms with Crippen molar-refractivity contribution in [1.82, 2.24) is 20.1 Å². The normalized spacial score (nSPS) is 10.8. The number of hydrogen-bond donors (Lipinski definition) is 1. The van der Waals surface area contributed by atoms with Gasteiger partial charge in [-0.2, -0.15) is 4.98 Å². The van der Waals surface area contributed by atoms with Crippen LogP contribution in [0.5, 0.6) is 0 Å². The number of aromatic nitrogens is 4. The Balaban J connectivity index is 0.00000256. The van der Waals surface area contributed by atoms with E-state index in [-0.39, 0.29) is 18.2 Å². The van der Waals surface area contributed by atoms with Gasteiger partial charge in [-0.1, -0.05) is 11.2 Å². The van der Waals surface area contributed by atoms with Gasteiger partial charge in [-0.15, -0.1) is 12.4 Å². The maximum atomic E-state index is 14.1. The van der Waals surface area contributed by atoms with Crippen molar-refractivity contribution >= 4 is 34.8 Å². The van der Waals surface area contributed by atoms with Crippen LogP contribution in [0, 0.1) is 19.7 Å². The summed E-state index contributed by atoms with van der Waals surface area (Å²) in [5.74, 6) is 0.570. The third-order valence-corrected chi connectivity index (χ3v) is 4.54. The molecule has 9 heteroatoms. The van der Waals surface area contributed by atoms with Crippen LogP contribution >= 0.6 is 12.4 Å². The van der Waals surface area contributed by atoms with Crippen molar-refractivity contribution in [3.05, 3.63) is 59.4 Å². The minimum absolute atomic E-state index is 0. The Morgan fingerprint density at radius 1 is 1.13 bits per heavy atom. The minimum Gasteiger partial charge on any atom is -0.384 e. The lowest BCUT2D eigenvalue weighted by atomic mass is 10.1. The molecule has 7 nitrogen and oxygen atoms in total. The summed E-state index contributed by atoms with van der Waals surface area (Å²) in [6, 6.07) is 8.80. The van der Waals surface area contributed by atoms with Gasteiger partial charge in [0.1, 0.15) is 5.82 Å². The number of nitrogens with zero attached hydrogens (tertiary/aromatic N) is 4. The van der Waals surface area contributed by atoms with E-state index in [0.717, 1.165) is 11.1 Å². The van der Waals surface area contributed by atoms with Crippen molar-refractivity contribution in [1.29, 1.82) is 0 Å². The molecule has 0 saturated heterocycles. The first kappa shape index (κ1) is 21.6. The van der Waals surface area contributed by atoms with Crippen LogP contribution in [0.25, 0.3) is 22.5 Å². The summed E-state index contributed by atoms with van der Waals surface area (Å²) in [6.45, 7) is 4.11. The highest BCUT2D eigenvalue weighted by Crippen LogP contribution is 2.35. The average Bonchev–Trinajstić information content (AvgIpc) is 3.18. The van der Waals surface area contributed by atoms with E-state index in [2.05, 4.69) is 25.4 Å². The molecule has 4 aromatic rings. The van der Waals surface area contributed by atoms with Gasteiger partial charge in [0, 0.05) is 36.5 Å². The van der Waals surface area contributed by atoms with Crippen LogP contribution in [0.1, 0.15) is 17.1 Å². The number of pyridine rings is 2. The molecule has 156 valence electrons. The molecule has 0 aliphatic rings. The molecule has 0 saturated carbocycles. The molecule has 0 aliphatic carbocycles. The summed E-state index contributed by atoms with van der Waals surface area (Å²) in [6.07, 6.45) is 2.17. The molecule has 1 aromatic carbocycles. The topological polar surface area (TPSA) is 86.0 Å². The quantitative estimate of drug-likeness (QED) is 0.471. The fraction of sp³-hybridized carbons (Fsp3) is 0.238. The van der Waals surface area contributed by atoms with E-state index in [0.29, 0.717) is 52.9 Å². The van der Waals surface area contributed by atoms with Crippen molar-refractivity contribution in [2.45, 2.75) is 20.3 Å². The fourth-order valence-electron chi connectivity index (χ4n) is 2.94. The number of anilines is 2. The van der Waals surface area contributed by atoms with Gasteiger partial charge >= 0.3 is 0 Å². The molecule has 30 heavy (non-hydrogen) atoms. The predicted octanol–water partition coefficient (Wildman–Crippen LogP) is 4.79. The molecule has 1 N–H and O–H groups in total. The lowest BCUT2D eigenvalue weighted by Gasteiger charge is -2.13. The molecule has 0 unspecified atom stereocenters. The molecule has 0 spiro atoms. The van der Waals surface area contributed by atoms with E-state index < -0.39 is 0 Å². The SMILES string of the molecule is COCCc1noc(-c2cnc3nc(C)ccc3c2Nc2ccc(C)c(F)c2)n1.Cl. The van der Waals surface area contributed by atoms with Gasteiger partial charge in [0.2, 0.25) is 0 Å². The first-order valence-electron chi connectivity index (χ1n) is 9.16. The number of hydrogen-bond acceptors (Lipinski definition) is 7. The summed E-state index contributed by atoms with van der Waals surface area (Å²) >= 11 is 0. The number of methoxy groups -OCH3 is 1. The Kier molecular flexibility index (Phi) is 6.59. The molecule has 0 amide bonds. The molecular formula is C21H21ClFN5O2. The first-order valence-corrected chi connectivity index (χ1v) is 9.16. The number of fused-ring (bicyclic) bond motifs is 1. The Hall–Kier alpha value is -3.10.